The van der Waals surface area contributed by atoms with E-state index in [1.54, 1.807) is 14.0 Å². The second-order valence-corrected chi connectivity index (χ2v) is 4.59. The van der Waals surface area contributed by atoms with Crippen LogP contribution in [-0.4, -0.2) is 30.0 Å². The molecule has 0 saturated heterocycles. The van der Waals surface area contributed by atoms with Crippen molar-refractivity contribution in [2.75, 3.05) is 7.05 Å². The number of hydrogen-bond donors (Lipinski definition) is 2. The van der Waals surface area contributed by atoms with Crippen molar-refractivity contribution in [3.63, 3.8) is 0 Å². The second-order valence-electron chi connectivity index (χ2n) is 4.59. The highest BCUT2D eigenvalue weighted by Crippen LogP contribution is 2.26. The van der Waals surface area contributed by atoms with Gasteiger partial charge >= 0.3 is 0 Å². The number of rotatable bonds is 3. The van der Waals surface area contributed by atoms with Crippen LogP contribution in [0.2, 0.25) is 0 Å². The Kier molecular flexibility index (Phi) is 4.04. The predicted molar refractivity (Wildman–Crippen MR) is 71.9 cm³/mol. The number of hydrogen-bond acceptors (Lipinski definition) is 4. The highest BCUT2D eigenvalue weighted by Gasteiger charge is 2.18. The molecule has 1 unspecified atom stereocenters. The number of oxime groups is 1. The van der Waals surface area contributed by atoms with Crippen LogP contribution in [0.5, 0.6) is 5.75 Å². The van der Waals surface area contributed by atoms with Gasteiger partial charge in [0.15, 0.2) is 6.10 Å². The maximum absolute atomic E-state index is 11.4. The molecule has 1 aromatic carbocycles. The smallest absolute Gasteiger partial charge is 0.260 e. The lowest BCUT2D eigenvalue weighted by Gasteiger charge is -2.19. The maximum Gasteiger partial charge on any atom is 0.260 e. The Bertz CT molecular complexity index is 511. The van der Waals surface area contributed by atoms with Gasteiger partial charge in [-0.3, -0.25) is 4.79 Å². The maximum atomic E-state index is 11.4. The highest BCUT2D eigenvalue weighted by molar-refractivity contribution is 6.02. The lowest BCUT2D eigenvalue weighted by Crippen LogP contribution is -2.33. The number of likely N-dealkylation sites (N-methyl/N-ethyl adjacent to an activating group) is 1. The fourth-order valence-electron chi connectivity index (χ4n) is 2.26. The molecule has 2 N–H and O–H groups in total. The van der Waals surface area contributed by atoms with Gasteiger partial charge in [0.05, 0.1) is 5.71 Å². The number of fused-ring (bicyclic) bond motifs is 1. The molecule has 1 aliphatic carbocycles. The molecule has 0 heterocycles. The molecule has 19 heavy (non-hydrogen) atoms. The van der Waals surface area contributed by atoms with E-state index < -0.39 is 6.10 Å². The molecule has 2 rings (SSSR count). The minimum Gasteiger partial charge on any atom is -0.481 e. The normalized spacial score (nSPS) is 17.7. The van der Waals surface area contributed by atoms with Crippen molar-refractivity contribution >= 4 is 11.6 Å². The van der Waals surface area contributed by atoms with E-state index in [-0.39, 0.29) is 5.91 Å². The number of nitrogens with zero attached hydrogens (tertiary/aromatic N) is 1. The summed E-state index contributed by atoms with van der Waals surface area (Å²) in [5.74, 6) is 0.437. The minimum atomic E-state index is -0.554. The van der Waals surface area contributed by atoms with Gasteiger partial charge in [0, 0.05) is 12.6 Å². The number of aryl methyl sites for hydroxylation is 1. The molecule has 5 nitrogen and oxygen atoms in total. The largest absolute Gasteiger partial charge is 0.481 e. The summed E-state index contributed by atoms with van der Waals surface area (Å²) in [6.45, 7) is 1.69. The molecule has 0 radical (unpaired) electrons. The molecule has 1 aromatic rings. The third-order valence-electron chi connectivity index (χ3n) is 3.30. The first-order valence-corrected chi connectivity index (χ1v) is 6.38. The Balaban J connectivity index is 2.23. The van der Waals surface area contributed by atoms with Gasteiger partial charge in [0.1, 0.15) is 5.75 Å². The number of amides is 1. The average molecular weight is 262 g/mol. The van der Waals surface area contributed by atoms with Crippen LogP contribution in [-0.2, 0) is 11.2 Å². The van der Waals surface area contributed by atoms with Crippen molar-refractivity contribution < 1.29 is 14.7 Å². The fourth-order valence-corrected chi connectivity index (χ4v) is 2.26. The zero-order valence-corrected chi connectivity index (χ0v) is 11.1. The summed E-state index contributed by atoms with van der Waals surface area (Å²) in [6.07, 6.45) is 2.17. The molecule has 0 fully saturated rings. The number of benzene rings is 1. The summed E-state index contributed by atoms with van der Waals surface area (Å²) in [5.41, 5.74) is 2.74. The summed E-state index contributed by atoms with van der Waals surface area (Å²) < 4.78 is 5.58. The van der Waals surface area contributed by atoms with E-state index in [0.717, 1.165) is 30.4 Å². The van der Waals surface area contributed by atoms with Crippen LogP contribution in [0, 0.1) is 0 Å². The number of carbonyl (C=O) groups is 1. The van der Waals surface area contributed by atoms with Crippen LogP contribution < -0.4 is 10.1 Å². The molecule has 5 heteroatoms. The van der Waals surface area contributed by atoms with Crippen molar-refractivity contribution in [2.45, 2.75) is 32.3 Å². The van der Waals surface area contributed by atoms with Crippen LogP contribution in [0.15, 0.2) is 23.4 Å². The second kappa shape index (κ2) is 5.73. The zero-order chi connectivity index (χ0) is 13.8. The summed E-state index contributed by atoms with van der Waals surface area (Å²) in [7, 11) is 1.57. The molecule has 0 spiro atoms. The van der Waals surface area contributed by atoms with Crippen LogP contribution in [0.3, 0.4) is 0 Å². The van der Waals surface area contributed by atoms with Gasteiger partial charge < -0.3 is 15.3 Å². The van der Waals surface area contributed by atoms with E-state index in [0.29, 0.717) is 11.5 Å². The Labute approximate surface area is 112 Å². The first kappa shape index (κ1) is 13.4. The van der Waals surface area contributed by atoms with E-state index in [2.05, 4.69) is 10.5 Å². The standard InChI is InChI=1S/C14H18N2O3/c1-9(14(17)15-2)19-11-7-6-10-4-3-5-13(16-18)12(10)8-11/h6-9,18H,3-5H2,1-2H3,(H,15,17)/b16-13-. The van der Waals surface area contributed by atoms with E-state index in [4.69, 9.17) is 9.94 Å². The Morgan fingerprint density at radius 1 is 1.47 bits per heavy atom. The molecular weight excluding hydrogens is 244 g/mol. The minimum absolute atomic E-state index is 0.172. The molecule has 1 aliphatic rings. The molecule has 1 amide bonds. The first-order chi connectivity index (χ1) is 9.15. The van der Waals surface area contributed by atoms with E-state index >= 15 is 0 Å². The van der Waals surface area contributed by atoms with Gasteiger partial charge in [-0.1, -0.05) is 11.2 Å². The summed E-state index contributed by atoms with van der Waals surface area (Å²) in [5, 5.41) is 14.9. The summed E-state index contributed by atoms with van der Waals surface area (Å²) in [6, 6.07) is 5.65. The van der Waals surface area contributed by atoms with Crippen LogP contribution in [0.1, 0.15) is 30.9 Å². The van der Waals surface area contributed by atoms with Crippen LogP contribution in [0.25, 0.3) is 0 Å². The molecule has 1 atom stereocenters. The molecule has 0 aromatic heterocycles. The van der Waals surface area contributed by atoms with E-state index in [1.807, 2.05) is 18.2 Å². The Morgan fingerprint density at radius 3 is 2.95 bits per heavy atom. The lowest BCUT2D eigenvalue weighted by atomic mass is 9.90. The summed E-state index contributed by atoms with van der Waals surface area (Å²) >= 11 is 0. The third-order valence-corrected chi connectivity index (χ3v) is 3.30. The van der Waals surface area contributed by atoms with Gasteiger partial charge in [0.2, 0.25) is 0 Å². The molecular formula is C14H18N2O3. The van der Waals surface area contributed by atoms with Crippen molar-refractivity contribution in [3.8, 4) is 5.75 Å². The van der Waals surface area contributed by atoms with E-state index in [9.17, 15) is 4.79 Å². The van der Waals surface area contributed by atoms with Crippen molar-refractivity contribution in [1.29, 1.82) is 0 Å². The van der Waals surface area contributed by atoms with Crippen LogP contribution in [0.4, 0.5) is 0 Å². The molecule has 102 valence electrons. The molecule has 0 saturated carbocycles. The van der Waals surface area contributed by atoms with Crippen molar-refractivity contribution in [3.05, 3.63) is 29.3 Å². The highest BCUT2D eigenvalue weighted by atomic mass is 16.5. The monoisotopic (exact) mass is 262 g/mol. The molecule has 0 bridgehead atoms. The van der Waals surface area contributed by atoms with E-state index in [1.165, 1.54) is 0 Å². The van der Waals surface area contributed by atoms with Gasteiger partial charge in [-0.15, -0.1) is 0 Å². The van der Waals surface area contributed by atoms with Gasteiger partial charge in [-0.2, -0.15) is 0 Å². The fraction of sp³-hybridized carbons (Fsp3) is 0.429. The quantitative estimate of drug-likeness (QED) is 0.643. The van der Waals surface area contributed by atoms with Crippen molar-refractivity contribution in [2.24, 2.45) is 5.16 Å². The zero-order valence-electron chi connectivity index (χ0n) is 11.1. The number of nitrogens with one attached hydrogen (secondary N) is 1. The van der Waals surface area contributed by atoms with Gasteiger partial charge in [-0.05, 0) is 43.9 Å². The Morgan fingerprint density at radius 2 is 2.26 bits per heavy atom. The number of ether oxygens (including phenoxy) is 1. The average Bonchev–Trinajstić information content (AvgIpc) is 2.45. The summed E-state index contributed by atoms with van der Waals surface area (Å²) in [4.78, 5) is 11.4. The third kappa shape index (κ3) is 2.86. The number of carbonyl (C=O) groups excluding carboxylic acids is 1. The Hall–Kier alpha value is -2.04. The molecule has 0 aliphatic heterocycles. The SMILES string of the molecule is CNC(=O)C(C)Oc1ccc2c(c1)/C(=N\O)CCC2. The topological polar surface area (TPSA) is 70.9 Å². The van der Waals surface area contributed by atoms with Gasteiger partial charge in [-0.25, -0.2) is 0 Å². The lowest BCUT2D eigenvalue weighted by molar-refractivity contribution is -0.126. The predicted octanol–water partition coefficient (Wildman–Crippen LogP) is 1.71. The van der Waals surface area contributed by atoms with Crippen molar-refractivity contribution in [1.82, 2.24) is 5.32 Å². The van der Waals surface area contributed by atoms with Crippen LogP contribution >= 0.6 is 0 Å². The van der Waals surface area contributed by atoms with Gasteiger partial charge in [0.25, 0.3) is 5.91 Å². The first-order valence-electron chi connectivity index (χ1n) is 6.38.